The molecule has 6 rings (SSSR count). The van der Waals surface area contributed by atoms with Crippen LogP contribution in [0.1, 0.15) is 50.8 Å². The third-order valence-corrected chi connectivity index (χ3v) is 7.83. The second kappa shape index (κ2) is 7.33. The summed E-state index contributed by atoms with van der Waals surface area (Å²) in [4.78, 5) is 6.57. The predicted molar refractivity (Wildman–Crippen MR) is 115 cm³/mol. The Balaban J connectivity index is 1.22. The van der Waals surface area contributed by atoms with Gasteiger partial charge in [-0.1, -0.05) is 0 Å². The maximum atomic E-state index is 12.7. The first-order chi connectivity index (χ1) is 15.7. The zero-order valence-corrected chi connectivity index (χ0v) is 18.6. The maximum absolute atomic E-state index is 12.7. The number of morpholine rings is 1. The molecule has 0 amide bonds. The standard InChI is InChI=1S/C23H28F3N5O2/c1-11(2)31-19(7-18(29-31)12-3-20(22(27)28-8-12)33-23(24,25)26)21-16-5-13(6-17(16)21)30-9-15-4-14(30)10-32-15/h3,7-8,11,13-17,21H,4-6,9-10H2,1-2H3,(H2,27,28)/t13?,14-,15-,16-,17+,21+/m0/s1. The van der Waals surface area contributed by atoms with Gasteiger partial charge in [-0.15, -0.1) is 13.2 Å². The van der Waals surface area contributed by atoms with Gasteiger partial charge in [0.2, 0.25) is 0 Å². The molecular weight excluding hydrogens is 435 g/mol. The maximum Gasteiger partial charge on any atom is 0.573 e. The van der Waals surface area contributed by atoms with Crippen LogP contribution in [0.15, 0.2) is 18.3 Å². The van der Waals surface area contributed by atoms with Gasteiger partial charge in [0.25, 0.3) is 0 Å². The predicted octanol–water partition coefficient (Wildman–Crippen LogP) is 3.97. The zero-order valence-electron chi connectivity index (χ0n) is 18.6. The van der Waals surface area contributed by atoms with E-state index in [1.54, 1.807) is 0 Å². The summed E-state index contributed by atoms with van der Waals surface area (Å²) >= 11 is 0. The fourth-order valence-corrected chi connectivity index (χ4v) is 6.41. The molecule has 7 nitrogen and oxygen atoms in total. The minimum atomic E-state index is -4.83. The first kappa shape index (κ1) is 21.2. The van der Waals surface area contributed by atoms with Crippen LogP contribution < -0.4 is 10.5 Å². The van der Waals surface area contributed by atoms with Crippen LogP contribution in [-0.4, -0.2) is 57.4 Å². The Kier molecular flexibility index (Phi) is 4.72. The molecule has 2 aromatic rings. The van der Waals surface area contributed by atoms with Crippen LogP contribution in [0.4, 0.5) is 19.0 Å². The molecule has 1 unspecified atom stereocenters. The van der Waals surface area contributed by atoms with E-state index in [2.05, 4.69) is 28.5 Å². The lowest BCUT2D eigenvalue weighted by atomic mass is 10.0. The largest absolute Gasteiger partial charge is 0.573 e. The summed E-state index contributed by atoms with van der Waals surface area (Å²) < 4.78 is 50.0. The van der Waals surface area contributed by atoms with Gasteiger partial charge < -0.3 is 15.2 Å². The van der Waals surface area contributed by atoms with Crippen molar-refractivity contribution in [2.24, 2.45) is 11.8 Å². The van der Waals surface area contributed by atoms with Gasteiger partial charge in [-0.2, -0.15) is 5.10 Å². The van der Waals surface area contributed by atoms with Crippen molar-refractivity contribution in [1.29, 1.82) is 0 Å². The summed E-state index contributed by atoms with van der Waals surface area (Å²) in [6.45, 7) is 6.09. The number of likely N-dealkylation sites (tertiary alicyclic amines) is 1. The molecule has 2 N–H and O–H groups in total. The highest BCUT2D eigenvalue weighted by atomic mass is 19.4. The summed E-state index contributed by atoms with van der Waals surface area (Å²) in [6, 6.07) is 4.66. The molecular formula is C23H28F3N5O2. The molecule has 6 atom stereocenters. The number of alkyl halides is 3. The van der Waals surface area contributed by atoms with Crippen molar-refractivity contribution >= 4 is 5.82 Å². The van der Waals surface area contributed by atoms with Crippen LogP contribution in [0.2, 0.25) is 0 Å². The van der Waals surface area contributed by atoms with E-state index >= 15 is 0 Å². The highest BCUT2D eigenvalue weighted by Crippen LogP contribution is 2.64. The number of nitrogens with two attached hydrogens (primary N) is 1. The van der Waals surface area contributed by atoms with Crippen LogP contribution in [0, 0.1) is 11.8 Å². The molecule has 0 aromatic carbocycles. The van der Waals surface area contributed by atoms with Crippen LogP contribution in [0.25, 0.3) is 11.3 Å². The topological polar surface area (TPSA) is 78.4 Å². The van der Waals surface area contributed by atoms with Crippen LogP contribution >= 0.6 is 0 Å². The Morgan fingerprint density at radius 2 is 1.91 bits per heavy atom. The molecule has 2 bridgehead atoms. The fourth-order valence-electron chi connectivity index (χ4n) is 6.41. The van der Waals surface area contributed by atoms with Gasteiger partial charge in [-0.3, -0.25) is 9.58 Å². The summed E-state index contributed by atoms with van der Waals surface area (Å²) in [5, 5.41) is 4.74. The molecule has 33 heavy (non-hydrogen) atoms. The first-order valence-corrected chi connectivity index (χ1v) is 11.7. The molecule has 2 aromatic heterocycles. The summed E-state index contributed by atoms with van der Waals surface area (Å²) in [5.74, 6) is 0.934. The molecule has 2 saturated heterocycles. The van der Waals surface area contributed by atoms with Crippen molar-refractivity contribution in [3.8, 4) is 17.0 Å². The first-order valence-electron chi connectivity index (χ1n) is 11.7. The van der Waals surface area contributed by atoms with Gasteiger partial charge in [-0.25, -0.2) is 4.98 Å². The van der Waals surface area contributed by atoms with Crippen molar-refractivity contribution in [3.05, 3.63) is 24.0 Å². The Labute approximate surface area is 190 Å². The zero-order chi connectivity index (χ0) is 23.1. The molecule has 4 aliphatic rings. The number of halogens is 3. The number of rotatable bonds is 5. The molecule has 0 radical (unpaired) electrons. The smallest absolute Gasteiger partial charge is 0.402 e. The molecule has 2 aliphatic heterocycles. The average Bonchev–Trinajstić information content (AvgIpc) is 3.32. The van der Waals surface area contributed by atoms with E-state index < -0.39 is 12.1 Å². The van der Waals surface area contributed by atoms with E-state index in [0.717, 1.165) is 18.8 Å². The van der Waals surface area contributed by atoms with Crippen molar-refractivity contribution < 1.29 is 22.6 Å². The van der Waals surface area contributed by atoms with E-state index in [9.17, 15) is 13.2 Å². The number of aromatic nitrogens is 3. The number of pyridine rings is 1. The van der Waals surface area contributed by atoms with E-state index in [-0.39, 0.29) is 11.9 Å². The van der Waals surface area contributed by atoms with Crippen molar-refractivity contribution in [3.63, 3.8) is 0 Å². The Morgan fingerprint density at radius 1 is 1.15 bits per heavy atom. The van der Waals surface area contributed by atoms with Gasteiger partial charge >= 0.3 is 6.36 Å². The van der Waals surface area contributed by atoms with Gasteiger partial charge in [0, 0.05) is 48.0 Å². The number of fused-ring (bicyclic) bond motifs is 3. The van der Waals surface area contributed by atoms with Crippen molar-refractivity contribution in [2.45, 2.75) is 69.6 Å². The number of ether oxygens (including phenoxy) is 2. The second-order valence-electron chi connectivity index (χ2n) is 10.2. The highest BCUT2D eigenvalue weighted by molar-refractivity contribution is 5.64. The quantitative estimate of drug-likeness (QED) is 0.723. The summed E-state index contributed by atoms with van der Waals surface area (Å²) in [7, 11) is 0. The molecule has 178 valence electrons. The third kappa shape index (κ3) is 3.67. The van der Waals surface area contributed by atoms with Gasteiger partial charge in [0.1, 0.15) is 0 Å². The van der Waals surface area contributed by atoms with E-state index in [1.807, 2.05) is 10.7 Å². The Bertz CT molecular complexity index is 1060. The Hall–Kier alpha value is -2.33. The number of hydrogen-bond acceptors (Lipinski definition) is 6. The minimum Gasteiger partial charge on any atom is -0.402 e. The number of nitrogens with zero attached hydrogens (tertiary/aromatic N) is 4. The fraction of sp³-hybridized carbons (Fsp3) is 0.652. The van der Waals surface area contributed by atoms with Crippen molar-refractivity contribution in [1.82, 2.24) is 19.7 Å². The van der Waals surface area contributed by atoms with Crippen LogP contribution in [0.3, 0.4) is 0 Å². The lowest BCUT2D eigenvalue weighted by molar-refractivity contribution is -0.274. The molecule has 10 heteroatoms. The third-order valence-electron chi connectivity index (χ3n) is 7.83. The Morgan fingerprint density at radius 3 is 2.52 bits per heavy atom. The van der Waals surface area contributed by atoms with E-state index in [0.29, 0.717) is 47.2 Å². The van der Waals surface area contributed by atoms with Gasteiger partial charge in [-0.05, 0) is 57.1 Å². The molecule has 4 heterocycles. The van der Waals surface area contributed by atoms with Crippen LogP contribution in [-0.2, 0) is 4.74 Å². The molecule has 0 spiro atoms. The van der Waals surface area contributed by atoms with E-state index in [4.69, 9.17) is 15.6 Å². The average molecular weight is 464 g/mol. The van der Waals surface area contributed by atoms with Crippen LogP contribution in [0.5, 0.6) is 5.75 Å². The van der Waals surface area contributed by atoms with Gasteiger partial charge in [0.15, 0.2) is 11.6 Å². The monoisotopic (exact) mass is 463 g/mol. The highest BCUT2D eigenvalue weighted by Gasteiger charge is 2.60. The summed E-state index contributed by atoms with van der Waals surface area (Å²) in [5.41, 5.74) is 7.80. The van der Waals surface area contributed by atoms with Gasteiger partial charge in [0.05, 0.1) is 18.4 Å². The SMILES string of the molecule is CC(C)n1nc(-c2cnc(N)c(OC(F)(F)F)c2)cc1[C@H]1[C@@H]2CC(N3C[C@@H]4C[C@H]3CO4)C[C@@H]21. The lowest BCUT2D eigenvalue weighted by Gasteiger charge is -2.33. The molecule has 2 aliphatic carbocycles. The van der Waals surface area contributed by atoms with Crippen molar-refractivity contribution in [2.75, 3.05) is 18.9 Å². The number of hydrogen-bond donors (Lipinski definition) is 1. The lowest BCUT2D eigenvalue weighted by Crippen LogP contribution is -2.43. The summed E-state index contributed by atoms with van der Waals surface area (Å²) in [6.07, 6.45) is 0.610. The second-order valence-corrected chi connectivity index (χ2v) is 10.2. The normalized spacial score (nSPS) is 33.2. The van der Waals surface area contributed by atoms with E-state index in [1.165, 1.54) is 31.5 Å². The molecule has 2 saturated carbocycles. The molecule has 4 fully saturated rings. The number of nitrogen functional groups attached to an aromatic ring is 1. The number of anilines is 1. The minimum absolute atomic E-state index is 0.143.